The van der Waals surface area contributed by atoms with Gasteiger partial charge in [-0.3, -0.25) is 9.59 Å². The molecule has 0 aromatic heterocycles. The molecule has 0 unspecified atom stereocenters. The number of carboxylic acid groups (broad SMARTS) is 1. The van der Waals surface area contributed by atoms with Crippen LogP contribution in [0.25, 0.3) is 0 Å². The van der Waals surface area contributed by atoms with E-state index in [1.54, 1.807) is 24.3 Å². The van der Waals surface area contributed by atoms with Crippen LogP contribution >= 0.6 is 0 Å². The van der Waals surface area contributed by atoms with Crippen LogP contribution in [0, 0.1) is 5.92 Å². The van der Waals surface area contributed by atoms with Crippen LogP contribution in [0.2, 0.25) is 0 Å². The molecular weight excluding hydrogens is 282 g/mol. The van der Waals surface area contributed by atoms with E-state index in [4.69, 9.17) is 4.74 Å². The van der Waals surface area contributed by atoms with Crippen molar-refractivity contribution in [1.29, 1.82) is 0 Å². The van der Waals surface area contributed by atoms with Crippen LogP contribution in [0.3, 0.4) is 0 Å². The van der Waals surface area contributed by atoms with Crippen molar-refractivity contribution in [3.63, 3.8) is 0 Å². The number of hydrogen-bond donors (Lipinski definition) is 2. The predicted molar refractivity (Wildman–Crippen MR) is 83.1 cm³/mol. The Labute approximate surface area is 130 Å². The molecule has 1 aromatic rings. The third kappa shape index (κ3) is 4.23. The van der Waals surface area contributed by atoms with E-state index in [0.29, 0.717) is 18.6 Å². The first kappa shape index (κ1) is 16.3. The molecule has 0 radical (unpaired) electrons. The molecule has 0 aliphatic heterocycles. The molecule has 0 spiro atoms. The van der Waals surface area contributed by atoms with E-state index >= 15 is 0 Å². The zero-order valence-electron chi connectivity index (χ0n) is 12.9. The molecule has 1 fully saturated rings. The molecule has 120 valence electrons. The summed E-state index contributed by atoms with van der Waals surface area (Å²) in [7, 11) is 0. The van der Waals surface area contributed by atoms with Gasteiger partial charge in [0.25, 0.3) is 5.91 Å². The fourth-order valence-electron chi connectivity index (χ4n) is 2.90. The van der Waals surface area contributed by atoms with Gasteiger partial charge in [0.2, 0.25) is 0 Å². The Balaban J connectivity index is 2.03. The summed E-state index contributed by atoms with van der Waals surface area (Å²) in [6.07, 6.45) is 4.24. The second-order valence-electron chi connectivity index (χ2n) is 5.62. The van der Waals surface area contributed by atoms with Crippen molar-refractivity contribution in [3.8, 4) is 5.75 Å². The predicted octanol–water partition coefficient (Wildman–Crippen LogP) is 2.85. The summed E-state index contributed by atoms with van der Waals surface area (Å²) >= 11 is 0. The third-order valence-corrected chi connectivity index (χ3v) is 4.08. The SMILES string of the molecule is CCOc1ccc(C(=O)N[C@H]2CCCCC[C@H]2C(=O)O)cc1. The molecule has 1 aliphatic carbocycles. The van der Waals surface area contributed by atoms with Gasteiger partial charge in [0.15, 0.2) is 0 Å². The average molecular weight is 305 g/mol. The van der Waals surface area contributed by atoms with Crippen molar-refractivity contribution in [2.24, 2.45) is 5.92 Å². The minimum absolute atomic E-state index is 0.221. The van der Waals surface area contributed by atoms with Crippen LogP contribution in [-0.4, -0.2) is 29.6 Å². The summed E-state index contributed by atoms with van der Waals surface area (Å²) in [5, 5.41) is 12.2. The van der Waals surface area contributed by atoms with Gasteiger partial charge in [0.1, 0.15) is 5.75 Å². The number of carbonyl (C=O) groups excluding carboxylic acids is 1. The van der Waals surface area contributed by atoms with Gasteiger partial charge < -0.3 is 15.2 Å². The number of benzene rings is 1. The number of rotatable bonds is 5. The third-order valence-electron chi connectivity index (χ3n) is 4.08. The number of ether oxygens (including phenoxy) is 1. The Morgan fingerprint density at radius 1 is 1.18 bits per heavy atom. The summed E-state index contributed by atoms with van der Waals surface area (Å²) in [5.41, 5.74) is 0.525. The van der Waals surface area contributed by atoms with Gasteiger partial charge in [0.05, 0.1) is 12.5 Å². The smallest absolute Gasteiger partial charge is 0.308 e. The molecule has 0 saturated heterocycles. The van der Waals surface area contributed by atoms with E-state index in [0.717, 1.165) is 31.4 Å². The maximum absolute atomic E-state index is 12.3. The topological polar surface area (TPSA) is 75.6 Å². The van der Waals surface area contributed by atoms with Crippen LogP contribution in [0.4, 0.5) is 0 Å². The quantitative estimate of drug-likeness (QED) is 0.820. The van der Waals surface area contributed by atoms with Crippen molar-refractivity contribution < 1.29 is 19.4 Å². The number of carboxylic acids is 1. The first-order chi connectivity index (χ1) is 10.6. The van der Waals surface area contributed by atoms with Gasteiger partial charge in [-0.15, -0.1) is 0 Å². The van der Waals surface area contributed by atoms with Crippen LogP contribution in [-0.2, 0) is 4.79 Å². The van der Waals surface area contributed by atoms with Crippen molar-refractivity contribution >= 4 is 11.9 Å². The molecular formula is C17H23NO4. The molecule has 22 heavy (non-hydrogen) atoms. The molecule has 1 aliphatic rings. The van der Waals surface area contributed by atoms with Crippen molar-refractivity contribution in [2.75, 3.05) is 6.61 Å². The highest BCUT2D eigenvalue weighted by Crippen LogP contribution is 2.24. The number of nitrogens with one attached hydrogen (secondary N) is 1. The number of carbonyl (C=O) groups is 2. The van der Waals surface area contributed by atoms with Crippen molar-refractivity contribution in [1.82, 2.24) is 5.32 Å². The van der Waals surface area contributed by atoms with Crippen LogP contribution in [0.5, 0.6) is 5.75 Å². The molecule has 2 N–H and O–H groups in total. The standard InChI is InChI=1S/C17H23NO4/c1-2-22-13-10-8-12(9-11-13)16(19)18-15-7-5-3-4-6-14(15)17(20)21/h8-11,14-15H,2-7H2,1H3,(H,18,19)(H,20,21)/t14-,15+/m1/s1. The molecule has 5 heteroatoms. The number of hydrogen-bond acceptors (Lipinski definition) is 3. The molecule has 5 nitrogen and oxygen atoms in total. The second-order valence-corrected chi connectivity index (χ2v) is 5.62. The molecule has 0 bridgehead atoms. The Kier molecular flexibility index (Phi) is 5.81. The van der Waals surface area contributed by atoms with E-state index in [9.17, 15) is 14.7 Å². The Hall–Kier alpha value is -2.04. The van der Waals surface area contributed by atoms with E-state index in [1.807, 2.05) is 6.92 Å². The van der Waals surface area contributed by atoms with E-state index in [2.05, 4.69) is 5.32 Å². The Morgan fingerprint density at radius 2 is 1.86 bits per heavy atom. The van der Waals surface area contributed by atoms with Gasteiger partial charge in [-0.1, -0.05) is 19.3 Å². The van der Waals surface area contributed by atoms with E-state index in [-0.39, 0.29) is 11.9 Å². The Bertz CT molecular complexity index is 512. The minimum Gasteiger partial charge on any atom is -0.494 e. The second kappa shape index (κ2) is 7.82. The van der Waals surface area contributed by atoms with Crippen LogP contribution in [0.1, 0.15) is 49.4 Å². The van der Waals surface area contributed by atoms with Crippen LogP contribution < -0.4 is 10.1 Å². The number of amides is 1. The van der Waals surface area contributed by atoms with Gasteiger partial charge >= 0.3 is 5.97 Å². The lowest BCUT2D eigenvalue weighted by atomic mass is 9.94. The van der Waals surface area contributed by atoms with E-state index < -0.39 is 11.9 Å². The molecule has 2 atom stereocenters. The highest BCUT2D eigenvalue weighted by atomic mass is 16.5. The summed E-state index contributed by atoms with van der Waals surface area (Å²) in [6.45, 7) is 2.48. The van der Waals surface area contributed by atoms with Crippen molar-refractivity contribution in [2.45, 2.75) is 45.1 Å². The number of aliphatic carboxylic acids is 1. The average Bonchev–Trinajstić information content (AvgIpc) is 2.74. The molecule has 1 aromatic carbocycles. The molecule has 1 amide bonds. The summed E-state index contributed by atoms with van der Waals surface area (Å²) in [5.74, 6) is -0.814. The fourth-order valence-corrected chi connectivity index (χ4v) is 2.90. The monoisotopic (exact) mass is 305 g/mol. The molecule has 2 rings (SSSR count). The summed E-state index contributed by atoms with van der Waals surface area (Å²) in [4.78, 5) is 23.7. The maximum atomic E-state index is 12.3. The summed E-state index contributed by atoms with van der Waals surface area (Å²) < 4.78 is 5.35. The first-order valence-electron chi connectivity index (χ1n) is 7.88. The van der Waals surface area contributed by atoms with Gasteiger partial charge in [-0.25, -0.2) is 0 Å². The zero-order chi connectivity index (χ0) is 15.9. The fraction of sp³-hybridized carbons (Fsp3) is 0.529. The largest absolute Gasteiger partial charge is 0.494 e. The van der Waals surface area contributed by atoms with Crippen LogP contribution in [0.15, 0.2) is 24.3 Å². The lowest BCUT2D eigenvalue weighted by molar-refractivity contribution is -0.142. The highest BCUT2D eigenvalue weighted by molar-refractivity contribution is 5.94. The molecule has 0 heterocycles. The van der Waals surface area contributed by atoms with Crippen molar-refractivity contribution in [3.05, 3.63) is 29.8 Å². The lowest BCUT2D eigenvalue weighted by Gasteiger charge is -2.23. The lowest BCUT2D eigenvalue weighted by Crippen LogP contribution is -2.42. The first-order valence-corrected chi connectivity index (χ1v) is 7.88. The maximum Gasteiger partial charge on any atom is 0.308 e. The Morgan fingerprint density at radius 3 is 2.50 bits per heavy atom. The molecule has 1 saturated carbocycles. The minimum atomic E-state index is -0.820. The van der Waals surface area contributed by atoms with Gasteiger partial charge in [-0.2, -0.15) is 0 Å². The van der Waals surface area contributed by atoms with Gasteiger partial charge in [0, 0.05) is 11.6 Å². The van der Waals surface area contributed by atoms with Gasteiger partial charge in [-0.05, 0) is 44.0 Å². The zero-order valence-corrected chi connectivity index (χ0v) is 12.9. The summed E-state index contributed by atoms with van der Waals surface area (Å²) in [6, 6.07) is 6.61. The van der Waals surface area contributed by atoms with E-state index in [1.165, 1.54) is 0 Å². The highest BCUT2D eigenvalue weighted by Gasteiger charge is 2.30. The normalized spacial score (nSPS) is 21.7.